The highest BCUT2D eigenvalue weighted by Gasteiger charge is 2.55. The maximum Gasteiger partial charge on any atom is 0.263 e. The molecule has 25 heavy (non-hydrogen) atoms. The topological polar surface area (TPSA) is 71.8 Å². The Morgan fingerprint density at radius 1 is 1.40 bits per heavy atom. The van der Waals surface area contributed by atoms with Gasteiger partial charge in [0.15, 0.2) is 0 Å². The van der Waals surface area contributed by atoms with E-state index in [1.807, 2.05) is 11.8 Å². The van der Waals surface area contributed by atoms with E-state index in [0.717, 1.165) is 6.42 Å². The van der Waals surface area contributed by atoms with Crippen molar-refractivity contribution in [2.24, 2.45) is 18.4 Å². The van der Waals surface area contributed by atoms with E-state index < -0.39 is 5.41 Å². The monoisotopic (exact) mass is 347 g/mol. The van der Waals surface area contributed by atoms with E-state index in [1.54, 1.807) is 37.4 Å². The smallest absolute Gasteiger partial charge is 0.263 e. The van der Waals surface area contributed by atoms with E-state index in [1.165, 1.54) is 4.57 Å². The normalized spacial score (nSPS) is 26.0. The molecule has 1 aromatic heterocycles. The maximum atomic E-state index is 12.9. The van der Waals surface area contributed by atoms with Crippen LogP contribution in [0.5, 0.6) is 0 Å². The van der Waals surface area contributed by atoms with Crippen LogP contribution < -0.4 is 5.56 Å². The number of likely N-dealkylation sites (tertiary alicyclic amines) is 2. The Labute approximate surface area is 147 Å². The van der Waals surface area contributed by atoms with Crippen molar-refractivity contribution < 1.29 is 14.3 Å². The van der Waals surface area contributed by atoms with Gasteiger partial charge in [0.25, 0.3) is 11.5 Å². The van der Waals surface area contributed by atoms with Crippen LogP contribution in [0.4, 0.5) is 0 Å². The Morgan fingerprint density at radius 3 is 2.88 bits per heavy atom. The molecular formula is C18H25N3O4. The number of hydrogen-bond donors (Lipinski definition) is 0. The number of rotatable bonds is 4. The van der Waals surface area contributed by atoms with Gasteiger partial charge >= 0.3 is 0 Å². The molecule has 1 spiro atoms. The van der Waals surface area contributed by atoms with Crippen LogP contribution in [0.1, 0.15) is 23.7 Å². The lowest BCUT2D eigenvalue weighted by Gasteiger charge is -2.26. The van der Waals surface area contributed by atoms with Gasteiger partial charge in [-0.1, -0.05) is 6.92 Å². The molecule has 0 aromatic carbocycles. The Morgan fingerprint density at radius 2 is 2.16 bits per heavy atom. The predicted molar refractivity (Wildman–Crippen MR) is 92.3 cm³/mol. The molecule has 2 atom stereocenters. The highest BCUT2D eigenvalue weighted by atomic mass is 16.5. The van der Waals surface area contributed by atoms with Gasteiger partial charge in [-0.05, 0) is 24.5 Å². The summed E-state index contributed by atoms with van der Waals surface area (Å²) in [7, 11) is 3.25. The predicted octanol–water partition coefficient (Wildman–Crippen LogP) is 0.342. The highest BCUT2D eigenvalue weighted by Crippen LogP contribution is 2.44. The number of amides is 2. The lowest BCUT2D eigenvalue weighted by Crippen LogP contribution is -2.41. The molecule has 0 unspecified atom stereocenters. The summed E-state index contributed by atoms with van der Waals surface area (Å²) in [5.74, 6) is -0.106. The maximum absolute atomic E-state index is 12.9. The first-order valence-electron chi connectivity index (χ1n) is 8.64. The summed E-state index contributed by atoms with van der Waals surface area (Å²) in [6.45, 7) is 4.69. The molecule has 2 aliphatic rings. The van der Waals surface area contributed by atoms with Crippen molar-refractivity contribution in [1.82, 2.24) is 14.4 Å². The Kier molecular flexibility index (Phi) is 4.69. The molecule has 2 amide bonds. The minimum Gasteiger partial charge on any atom is -0.383 e. The van der Waals surface area contributed by atoms with Gasteiger partial charge in [0.1, 0.15) is 5.56 Å². The van der Waals surface area contributed by atoms with Crippen molar-refractivity contribution in [3.05, 3.63) is 34.2 Å². The fraction of sp³-hybridized carbons (Fsp3) is 0.611. The quantitative estimate of drug-likeness (QED) is 0.788. The molecule has 2 fully saturated rings. The number of methoxy groups -OCH3 is 1. The van der Waals surface area contributed by atoms with Crippen molar-refractivity contribution in [1.29, 1.82) is 0 Å². The fourth-order valence-corrected chi connectivity index (χ4v) is 4.03. The number of pyridine rings is 1. The SMILES string of the molecule is COCCN1CC[C@]2(CN(C(=O)c3cccn(C)c3=O)C[C@H]2C)C1=O. The van der Waals surface area contributed by atoms with E-state index in [0.29, 0.717) is 32.8 Å². The molecule has 7 heteroatoms. The zero-order chi connectivity index (χ0) is 18.2. The van der Waals surface area contributed by atoms with Crippen LogP contribution in [0.25, 0.3) is 0 Å². The standard InChI is InChI=1S/C18H25N3O4/c1-13-11-21(16(23)14-5-4-7-19(2)15(14)22)12-18(13)6-8-20(17(18)24)9-10-25-3/h4-5,7,13H,6,8-12H2,1-3H3/t13-,18-/m1/s1. The van der Waals surface area contributed by atoms with Crippen molar-refractivity contribution in [2.75, 3.05) is 39.9 Å². The van der Waals surface area contributed by atoms with Crippen molar-refractivity contribution in [3.63, 3.8) is 0 Å². The molecule has 0 bridgehead atoms. The van der Waals surface area contributed by atoms with Crippen LogP contribution in [0.3, 0.4) is 0 Å². The third kappa shape index (κ3) is 2.86. The summed E-state index contributed by atoms with van der Waals surface area (Å²) in [6.07, 6.45) is 2.37. The van der Waals surface area contributed by atoms with Gasteiger partial charge in [-0.15, -0.1) is 0 Å². The Hall–Kier alpha value is -2.15. The minimum atomic E-state index is -0.524. The number of carbonyl (C=O) groups is 2. The molecule has 3 heterocycles. The Bertz CT molecular complexity index is 744. The summed E-state index contributed by atoms with van der Waals surface area (Å²) in [6, 6.07) is 3.25. The zero-order valence-corrected chi connectivity index (χ0v) is 15.0. The molecule has 7 nitrogen and oxygen atoms in total. The third-order valence-corrected chi connectivity index (χ3v) is 5.66. The van der Waals surface area contributed by atoms with Crippen LogP contribution in [0, 0.1) is 11.3 Å². The third-order valence-electron chi connectivity index (χ3n) is 5.66. The molecule has 2 saturated heterocycles. The van der Waals surface area contributed by atoms with E-state index in [9.17, 15) is 14.4 Å². The fourth-order valence-electron chi connectivity index (χ4n) is 4.03. The first-order chi connectivity index (χ1) is 11.9. The summed E-state index contributed by atoms with van der Waals surface area (Å²) in [5.41, 5.74) is -0.667. The second kappa shape index (κ2) is 6.63. The summed E-state index contributed by atoms with van der Waals surface area (Å²) < 4.78 is 6.47. The molecule has 136 valence electrons. The first-order valence-corrected chi connectivity index (χ1v) is 8.64. The Balaban J connectivity index is 1.80. The number of carbonyl (C=O) groups excluding carboxylic acids is 2. The van der Waals surface area contributed by atoms with Crippen LogP contribution in [-0.4, -0.2) is 66.1 Å². The number of hydrogen-bond acceptors (Lipinski definition) is 4. The average molecular weight is 347 g/mol. The van der Waals surface area contributed by atoms with Crippen LogP contribution in [0.2, 0.25) is 0 Å². The summed E-state index contributed by atoms with van der Waals surface area (Å²) in [4.78, 5) is 41.5. The van der Waals surface area contributed by atoms with E-state index in [-0.39, 0.29) is 28.9 Å². The average Bonchev–Trinajstić information content (AvgIpc) is 3.10. The van der Waals surface area contributed by atoms with Gasteiger partial charge in [-0.25, -0.2) is 0 Å². The molecule has 0 aliphatic carbocycles. The molecule has 2 aliphatic heterocycles. The lowest BCUT2D eigenvalue weighted by molar-refractivity contribution is -0.137. The van der Waals surface area contributed by atoms with Gasteiger partial charge in [-0.3, -0.25) is 14.4 Å². The van der Waals surface area contributed by atoms with Gasteiger partial charge in [0.05, 0.1) is 12.0 Å². The lowest BCUT2D eigenvalue weighted by atomic mass is 9.78. The van der Waals surface area contributed by atoms with E-state index >= 15 is 0 Å². The highest BCUT2D eigenvalue weighted by molar-refractivity contribution is 5.95. The zero-order valence-electron chi connectivity index (χ0n) is 15.0. The minimum absolute atomic E-state index is 0.0732. The van der Waals surface area contributed by atoms with Gasteiger partial charge < -0.3 is 19.1 Å². The van der Waals surface area contributed by atoms with Gasteiger partial charge in [-0.2, -0.15) is 0 Å². The summed E-state index contributed by atoms with van der Waals surface area (Å²) >= 11 is 0. The number of ether oxygens (including phenoxy) is 1. The number of aryl methyl sites for hydroxylation is 1. The van der Waals surface area contributed by atoms with Crippen LogP contribution >= 0.6 is 0 Å². The van der Waals surface area contributed by atoms with Gasteiger partial charge in [0, 0.05) is 46.5 Å². The molecule has 3 rings (SSSR count). The molecule has 0 radical (unpaired) electrons. The van der Waals surface area contributed by atoms with Gasteiger partial charge in [0.2, 0.25) is 5.91 Å². The number of aromatic nitrogens is 1. The molecule has 0 N–H and O–H groups in total. The second-order valence-electron chi connectivity index (χ2n) is 7.12. The molecular weight excluding hydrogens is 322 g/mol. The van der Waals surface area contributed by atoms with Crippen molar-refractivity contribution in [3.8, 4) is 0 Å². The largest absolute Gasteiger partial charge is 0.383 e. The molecule has 0 saturated carbocycles. The van der Waals surface area contributed by atoms with E-state index in [2.05, 4.69) is 0 Å². The second-order valence-corrected chi connectivity index (χ2v) is 7.12. The van der Waals surface area contributed by atoms with Crippen LogP contribution in [0.15, 0.2) is 23.1 Å². The first kappa shape index (κ1) is 17.7. The van der Waals surface area contributed by atoms with Crippen molar-refractivity contribution in [2.45, 2.75) is 13.3 Å². The van der Waals surface area contributed by atoms with Crippen LogP contribution in [-0.2, 0) is 16.6 Å². The van der Waals surface area contributed by atoms with Crippen molar-refractivity contribution >= 4 is 11.8 Å². The summed E-state index contributed by atoms with van der Waals surface area (Å²) in [5, 5.41) is 0. The number of nitrogens with zero attached hydrogens (tertiary/aromatic N) is 3. The molecule has 1 aromatic rings. The van der Waals surface area contributed by atoms with E-state index in [4.69, 9.17) is 4.74 Å².